The Bertz CT molecular complexity index is 825. The van der Waals surface area contributed by atoms with Crippen LogP contribution in [0.5, 0.6) is 5.75 Å². The second-order valence-corrected chi connectivity index (χ2v) is 5.47. The van der Waals surface area contributed by atoms with Crippen LogP contribution in [0.4, 0.5) is 10.1 Å². The maximum Gasteiger partial charge on any atom is 0.328 e. The minimum atomic E-state index is -0.956. The lowest BCUT2D eigenvalue weighted by molar-refractivity contribution is -0.384. The van der Waals surface area contributed by atoms with Gasteiger partial charge in [-0.2, -0.15) is 0 Å². The number of carbonyl (C=O) groups excluding carboxylic acids is 2. The molecule has 0 aliphatic carbocycles. The second kappa shape index (κ2) is 9.27. The van der Waals surface area contributed by atoms with Crippen molar-refractivity contribution in [1.29, 1.82) is 0 Å². The number of nitrogens with zero attached hydrogens (tertiary/aromatic N) is 1. The lowest BCUT2D eigenvalue weighted by Crippen LogP contribution is -2.40. The molecular formula is C18H17FN2O6. The van der Waals surface area contributed by atoms with Gasteiger partial charge < -0.3 is 14.8 Å². The molecule has 0 saturated carbocycles. The van der Waals surface area contributed by atoms with Gasteiger partial charge in [-0.15, -0.1) is 0 Å². The summed E-state index contributed by atoms with van der Waals surface area (Å²) in [5.74, 6) is -1.27. The second-order valence-electron chi connectivity index (χ2n) is 5.47. The number of carbonyl (C=O) groups is 2. The average Bonchev–Trinajstić information content (AvgIpc) is 2.66. The molecule has 1 N–H and O–H groups in total. The van der Waals surface area contributed by atoms with Crippen LogP contribution in [-0.2, 0) is 9.53 Å². The van der Waals surface area contributed by atoms with Crippen molar-refractivity contribution in [3.8, 4) is 5.75 Å². The van der Waals surface area contributed by atoms with Gasteiger partial charge in [-0.25, -0.2) is 9.18 Å². The summed E-state index contributed by atoms with van der Waals surface area (Å²) in [6, 6.07) is 9.57. The Hall–Kier alpha value is -3.49. The van der Waals surface area contributed by atoms with E-state index in [1.54, 1.807) is 0 Å². The maximum atomic E-state index is 12.8. The summed E-state index contributed by atoms with van der Waals surface area (Å²) in [4.78, 5) is 34.1. The summed E-state index contributed by atoms with van der Waals surface area (Å²) in [5.41, 5.74) is -0.167. The van der Waals surface area contributed by atoms with Crippen LogP contribution < -0.4 is 10.1 Å². The smallest absolute Gasteiger partial charge is 0.328 e. The van der Waals surface area contributed by atoms with E-state index in [1.165, 1.54) is 49.4 Å². The molecular weight excluding hydrogens is 359 g/mol. The molecule has 1 amide bonds. The minimum absolute atomic E-state index is 0.0585. The normalized spacial score (nSPS) is 11.3. The Kier molecular flexibility index (Phi) is 6.81. The highest BCUT2D eigenvalue weighted by molar-refractivity contribution is 5.97. The first-order valence-electron chi connectivity index (χ1n) is 7.97. The van der Waals surface area contributed by atoms with E-state index in [-0.39, 0.29) is 30.3 Å². The molecule has 0 aliphatic heterocycles. The van der Waals surface area contributed by atoms with Gasteiger partial charge >= 0.3 is 5.97 Å². The van der Waals surface area contributed by atoms with Gasteiger partial charge in [0.15, 0.2) is 0 Å². The molecule has 0 aliphatic rings. The molecule has 2 rings (SSSR count). The molecule has 0 aromatic heterocycles. The summed E-state index contributed by atoms with van der Waals surface area (Å²) in [5, 5.41) is 13.1. The van der Waals surface area contributed by atoms with E-state index in [2.05, 4.69) is 5.32 Å². The summed E-state index contributed by atoms with van der Waals surface area (Å²) in [7, 11) is 0. The molecule has 8 nitrogen and oxygen atoms in total. The molecule has 0 spiro atoms. The van der Waals surface area contributed by atoms with E-state index >= 15 is 0 Å². The zero-order valence-electron chi connectivity index (χ0n) is 14.4. The Morgan fingerprint density at radius 2 is 1.89 bits per heavy atom. The number of nitro groups is 1. The van der Waals surface area contributed by atoms with Crippen molar-refractivity contribution >= 4 is 17.6 Å². The molecule has 9 heteroatoms. The SMILES string of the molecule is C[C@H](NC(=O)c1cccc([N+](=O)[O-])c1)C(=O)OCCOc1ccc(F)cc1. The van der Waals surface area contributed by atoms with E-state index in [4.69, 9.17) is 9.47 Å². The van der Waals surface area contributed by atoms with Crippen molar-refractivity contribution < 1.29 is 28.4 Å². The first kappa shape index (κ1) is 19.8. The van der Waals surface area contributed by atoms with Gasteiger partial charge in [0.05, 0.1) is 4.92 Å². The van der Waals surface area contributed by atoms with Crippen LogP contribution >= 0.6 is 0 Å². The van der Waals surface area contributed by atoms with Crippen LogP contribution in [0.3, 0.4) is 0 Å². The van der Waals surface area contributed by atoms with Crippen molar-refractivity contribution in [3.05, 3.63) is 70.0 Å². The number of esters is 1. The first-order valence-corrected chi connectivity index (χ1v) is 7.97. The van der Waals surface area contributed by atoms with Crippen LogP contribution in [0.2, 0.25) is 0 Å². The van der Waals surface area contributed by atoms with Gasteiger partial charge in [0.1, 0.15) is 30.8 Å². The lowest BCUT2D eigenvalue weighted by atomic mass is 10.2. The van der Waals surface area contributed by atoms with E-state index in [9.17, 15) is 24.1 Å². The lowest BCUT2D eigenvalue weighted by Gasteiger charge is -2.13. The van der Waals surface area contributed by atoms with Crippen LogP contribution in [0.15, 0.2) is 48.5 Å². The van der Waals surface area contributed by atoms with Crippen molar-refractivity contribution in [3.63, 3.8) is 0 Å². The van der Waals surface area contributed by atoms with Crippen molar-refractivity contribution in [2.45, 2.75) is 13.0 Å². The largest absolute Gasteiger partial charge is 0.490 e. The van der Waals surface area contributed by atoms with Crippen LogP contribution in [0, 0.1) is 15.9 Å². The Balaban J connectivity index is 1.77. The van der Waals surface area contributed by atoms with Crippen molar-refractivity contribution in [1.82, 2.24) is 5.32 Å². The molecule has 142 valence electrons. The first-order chi connectivity index (χ1) is 12.9. The fourth-order valence-electron chi connectivity index (χ4n) is 2.06. The third-order valence-electron chi connectivity index (χ3n) is 3.43. The van der Waals surface area contributed by atoms with Crippen LogP contribution in [0.1, 0.15) is 17.3 Å². The molecule has 27 heavy (non-hydrogen) atoms. The number of hydrogen-bond acceptors (Lipinski definition) is 6. The number of non-ortho nitro benzene ring substituents is 1. The summed E-state index contributed by atoms with van der Waals surface area (Å²) < 4.78 is 23.0. The number of rotatable bonds is 8. The number of halogens is 1. The highest BCUT2D eigenvalue weighted by Crippen LogP contribution is 2.13. The molecule has 0 heterocycles. The van der Waals surface area contributed by atoms with E-state index in [0.29, 0.717) is 5.75 Å². The fraction of sp³-hybridized carbons (Fsp3) is 0.222. The highest BCUT2D eigenvalue weighted by atomic mass is 19.1. The Labute approximate surface area is 154 Å². The number of amides is 1. The predicted octanol–water partition coefficient (Wildman–Crippen LogP) is 2.47. The van der Waals surface area contributed by atoms with E-state index < -0.39 is 22.8 Å². The quantitative estimate of drug-likeness (QED) is 0.328. The molecule has 0 saturated heterocycles. The van der Waals surface area contributed by atoms with E-state index in [0.717, 1.165) is 6.07 Å². The standard InChI is InChI=1S/C18H17FN2O6/c1-12(20-17(22)13-3-2-4-15(11-13)21(24)25)18(23)27-10-9-26-16-7-5-14(19)6-8-16/h2-8,11-12H,9-10H2,1H3,(H,20,22)/t12-/m0/s1. The van der Waals surface area contributed by atoms with Gasteiger partial charge in [-0.3, -0.25) is 14.9 Å². The molecule has 1 atom stereocenters. The number of nitrogens with one attached hydrogen (secondary N) is 1. The minimum Gasteiger partial charge on any atom is -0.490 e. The third-order valence-corrected chi connectivity index (χ3v) is 3.43. The molecule has 0 radical (unpaired) electrons. The zero-order chi connectivity index (χ0) is 19.8. The monoisotopic (exact) mass is 376 g/mol. The van der Waals surface area contributed by atoms with E-state index in [1.807, 2.05) is 0 Å². The van der Waals surface area contributed by atoms with Crippen molar-refractivity contribution in [2.75, 3.05) is 13.2 Å². The summed E-state index contributed by atoms with van der Waals surface area (Å²) in [6.07, 6.45) is 0. The number of benzene rings is 2. The number of nitro benzene ring substituents is 1. The number of ether oxygens (including phenoxy) is 2. The number of hydrogen-bond donors (Lipinski definition) is 1. The predicted molar refractivity (Wildman–Crippen MR) is 92.9 cm³/mol. The third kappa shape index (κ3) is 6.07. The molecule has 0 unspecified atom stereocenters. The maximum absolute atomic E-state index is 12.8. The topological polar surface area (TPSA) is 108 Å². The Morgan fingerprint density at radius 3 is 2.56 bits per heavy atom. The van der Waals surface area contributed by atoms with Gasteiger partial charge in [0, 0.05) is 17.7 Å². The van der Waals surface area contributed by atoms with Crippen LogP contribution in [0.25, 0.3) is 0 Å². The van der Waals surface area contributed by atoms with Crippen LogP contribution in [-0.4, -0.2) is 36.1 Å². The van der Waals surface area contributed by atoms with Crippen molar-refractivity contribution in [2.24, 2.45) is 0 Å². The highest BCUT2D eigenvalue weighted by Gasteiger charge is 2.19. The van der Waals surface area contributed by atoms with Gasteiger partial charge in [0.25, 0.3) is 11.6 Å². The van der Waals surface area contributed by atoms with Gasteiger partial charge in [0.2, 0.25) is 0 Å². The average molecular weight is 376 g/mol. The zero-order valence-corrected chi connectivity index (χ0v) is 14.4. The van der Waals surface area contributed by atoms with Gasteiger partial charge in [-0.1, -0.05) is 6.07 Å². The molecule has 2 aromatic carbocycles. The molecule has 0 fully saturated rings. The van der Waals surface area contributed by atoms with Gasteiger partial charge in [-0.05, 0) is 37.3 Å². The summed E-state index contributed by atoms with van der Waals surface area (Å²) >= 11 is 0. The fourth-order valence-corrected chi connectivity index (χ4v) is 2.06. The molecule has 0 bridgehead atoms. The molecule has 2 aromatic rings. The summed E-state index contributed by atoms with van der Waals surface area (Å²) in [6.45, 7) is 1.43. The Morgan fingerprint density at radius 1 is 1.19 bits per heavy atom.